The predicted molar refractivity (Wildman–Crippen MR) is 98.7 cm³/mol. The first kappa shape index (κ1) is 12.5. The van der Waals surface area contributed by atoms with E-state index in [-0.39, 0.29) is 0 Å². The Morgan fingerprint density at radius 1 is 0.565 bits per heavy atom. The summed E-state index contributed by atoms with van der Waals surface area (Å²) < 4.78 is 0. The quantitative estimate of drug-likeness (QED) is 0.382. The Morgan fingerprint density at radius 3 is 2.13 bits per heavy atom. The summed E-state index contributed by atoms with van der Waals surface area (Å²) >= 11 is 0. The van der Waals surface area contributed by atoms with Crippen LogP contribution in [-0.2, 0) is 0 Å². The van der Waals surface area contributed by atoms with Gasteiger partial charge in [0.05, 0.1) is 0 Å². The van der Waals surface area contributed by atoms with Crippen LogP contribution in [0.25, 0.3) is 43.7 Å². The molecule has 1 heterocycles. The highest BCUT2D eigenvalue weighted by molar-refractivity contribution is 6.21. The average Bonchev–Trinajstić information content (AvgIpc) is 2.98. The van der Waals surface area contributed by atoms with Gasteiger partial charge in [0.2, 0.25) is 0 Å². The minimum absolute atomic E-state index is 1.19. The zero-order valence-corrected chi connectivity index (χ0v) is 12.6. The van der Waals surface area contributed by atoms with E-state index < -0.39 is 0 Å². The van der Waals surface area contributed by atoms with Crippen molar-refractivity contribution in [1.29, 1.82) is 0 Å². The van der Waals surface area contributed by atoms with Crippen LogP contribution in [0.4, 0.5) is 0 Å². The molecule has 108 valence electrons. The Kier molecular flexibility index (Phi) is 2.56. The van der Waals surface area contributed by atoms with Gasteiger partial charge in [0, 0.05) is 21.8 Å². The Morgan fingerprint density at radius 2 is 1.26 bits per heavy atom. The Hall–Kier alpha value is -3.06. The van der Waals surface area contributed by atoms with Crippen LogP contribution in [0.3, 0.4) is 0 Å². The number of para-hydroxylation sites is 1. The molecule has 0 saturated heterocycles. The van der Waals surface area contributed by atoms with E-state index in [0.29, 0.717) is 0 Å². The van der Waals surface area contributed by atoms with Crippen LogP contribution in [0.2, 0.25) is 0 Å². The lowest BCUT2D eigenvalue weighted by molar-refractivity contribution is 1.55. The Labute approximate surface area is 134 Å². The van der Waals surface area contributed by atoms with Crippen molar-refractivity contribution in [1.82, 2.24) is 4.98 Å². The Bertz CT molecular complexity index is 1150. The summed E-state index contributed by atoms with van der Waals surface area (Å²) in [6, 6.07) is 30.1. The number of hydrogen-bond acceptors (Lipinski definition) is 0. The number of aromatic nitrogens is 1. The van der Waals surface area contributed by atoms with Crippen LogP contribution in [-0.4, -0.2) is 4.98 Å². The van der Waals surface area contributed by atoms with Crippen molar-refractivity contribution in [3.8, 4) is 11.1 Å². The number of H-pyrrole nitrogens is 1. The molecule has 0 saturated carbocycles. The second kappa shape index (κ2) is 4.72. The largest absolute Gasteiger partial charge is 0.354 e. The third-order valence-corrected chi connectivity index (χ3v) is 4.58. The maximum atomic E-state index is 3.58. The van der Waals surface area contributed by atoms with Gasteiger partial charge in [0.1, 0.15) is 0 Å². The van der Waals surface area contributed by atoms with E-state index in [4.69, 9.17) is 0 Å². The molecule has 1 nitrogen and oxygen atoms in total. The fraction of sp³-hybridized carbons (Fsp3) is 0. The smallest absolute Gasteiger partial charge is 0.0477 e. The van der Waals surface area contributed by atoms with Gasteiger partial charge in [-0.15, -0.1) is 0 Å². The standard InChI is InChI=1S/C22H15N/c1-2-8-15(9-3-1)21-17-11-5-4-10-16(17)14-20-22(21)18-12-6-7-13-19(18)23-20/h1-14,23H. The summed E-state index contributed by atoms with van der Waals surface area (Å²) in [5.41, 5.74) is 4.97. The van der Waals surface area contributed by atoms with Crippen molar-refractivity contribution >= 4 is 32.6 Å². The SMILES string of the molecule is c1ccc(-c2c3ccccc3cc3[nH]c4ccccc4c23)cc1. The molecule has 0 radical (unpaired) electrons. The number of aromatic amines is 1. The molecular weight excluding hydrogens is 278 g/mol. The van der Waals surface area contributed by atoms with Crippen LogP contribution in [0.5, 0.6) is 0 Å². The molecule has 5 aromatic rings. The van der Waals surface area contributed by atoms with E-state index in [9.17, 15) is 0 Å². The van der Waals surface area contributed by atoms with E-state index in [1.54, 1.807) is 0 Å². The fourth-order valence-corrected chi connectivity index (χ4v) is 3.59. The van der Waals surface area contributed by atoms with Crippen LogP contribution in [0.15, 0.2) is 84.9 Å². The lowest BCUT2D eigenvalue weighted by Crippen LogP contribution is -1.83. The molecule has 0 bridgehead atoms. The molecule has 0 amide bonds. The van der Waals surface area contributed by atoms with Crippen molar-refractivity contribution in [2.24, 2.45) is 0 Å². The normalized spacial score (nSPS) is 11.5. The lowest BCUT2D eigenvalue weighted by Gasteiger charge is -2.10. The summed E-state index contributed by atoms with van der Waals surface area (Å²) in [7, 11) is 0. The van der Waals surface area contributed by atoms with E-state index in [1.165, 1.54) is 43.7 Å². The van der Waals surface area contributed by atoms with Crippen LogP contribution in [0, 0.1) is 0 Å². The zero-order valence-electron chi connectivity index (χ0n) is 12.6. The van der Waals surface area contributed by atoms with Crippen molar-refractivity contribution in [2.75, 3.05) is 0 Å². The second-order valence-electron chi connectivity index (χ2n) is 5.93. The number of fused-ring (bicyclic) bond motifs is 4. The van der Waals surface area contributed by atoms with E-state index in [1.807, 2.05) is 0 Å². The molecule has 0 aliphatic rings. The van der Waals surface area contributed by atoms with E-state index >= 15 is 0 Å². The molecule has 1 heteroatoms. The summed E-state index contributed by atoms with van der Waals surface area (Å²) in [5.74, 6) is 0. The highest BCUT2D eigenvalue weighted by atomic mass is 14.7. The first-order chi connectivity index (χ1) is 11.4. The second-order valence-corrected chi connectivity index (χ2v) is 5.93. The van der Waals surface area contributed by atoms with Gasteiger partial charge in [-0.05, 0) is 34.0 Å². The van der Waals surface area contributed by atoms with Gasteiger partial charge in [0.15, 0.2) is 0 Å². The van der Waals surface area contributed by atoms with Crippen molar-refractivity contribution < 1.29 is 0 Å². The number of nitrogens with one attached hydrogen (secondary N) is 1. The van der Waals surface area contributed by atoms with E-state index in [2.05, 4.69) is 89.9 Å². The molecule has 0 fully saturated rings. The van der Waals surface area contributed by atoms with Gasteiger partial charge in [-0.2, -0.15) is 0 Å². The zero-order chi connectivity index (χ0) is 15.2. The van der Waals surface area contributed by atoms with Gasteiger partial charge >= 0.3 is 0 Å². The third-order valence-electron chi connectivity index (χ3n) is 4.58. The highest BCUT2D eigenvalue weighted by Gasteiger charge is 2.13. The topological polar surface area (TPSA) is 15.8 Å². The first-order valence-corrected chi connectivity index (χ1v) is 7.89. The van der Waals surface area contributed by atoms with Crippen LogP contribution in [0.1, 0.15) is 0 Å². The third kappa shape index (κ3) is 1.80. The lowest BCUT2D eigenvalue weighted by atomic mass is 9.93. The van der Waals surface area contributed by atoms with Crippen molar-refractivity contribution in [3.05, 3.63) is 84.9 Å². The molecule has 0 unspecified atom stereocenters. The Balaban J connectivity index is 2.08. The molecule has 5 rings (SSSR count). The van der Waals surface area contributed by atoms with E-state index in [0.717, 1.165) is 0 Å². The van der Waals surface area contributed by atoms with Gasteiger partial charge in [0.25, 0.3) is 0 Å². The maximum Gasteiger partial charge on any atom is 0.0477 e. The minimum atomic E-state index is 1.19. The summed E-state index contributed by atoms with van der Waals surface area (Å²) in [6.07, 6.45) is 0. The molecule has 0 spiro atoms. The van der Waals surface area contributed by atoms with Gasteiger partial charge < -0.3 is 4.98 Å². The molecule has 1 aromatic heterocycles. The molecule has 4 aromatic carbocycles. The molecule has 1 N–H and O–H groups in total. The summed E-state index contributed by atoms with van der Waals surface area (Å²) in [6.45, 7) is 0. The summed E-state index contributed by atoms with van der Waals surface area (Å²) in [5, 5.41) is 5.17. The van der Waals surface area contributed by atoms with Crippen LogP contribution >= 0.6 is 0 Å². The molecule has 0 aliphatic carbocycles. The fourth-order valence-electron chi connectivity index (χ4n) is 3.59. The monoisotopic (exact) mass is 293 g/mol. The molecule has 0 atom stereocenters. The first-order valence-electron chi connectivity index (χ1n) is 7.89. The predicted octanol–water partition coefficient (Wildman–Crippen LogP) is 6.14. The number of rotatable bonds is 1. The molecular formula is C22H15N. The van der Waals surface area contributed by atoms with Crippen LogP contribution < -0.4 is 0 Å². The van der Waals surface area contributed by atoms with Crippen molar-refractivity contribution in [3.63, 3.8) is 0 Å². The molecule has 23 heavy (non-hydrogen) atoms. The highest BCUT2D eigenvalue weighted by Crippen LogP contribution is 2.39. The minimum Gasteiger partial charge on any atom is -0.354 e. The van der Waals surface area contributed by atoms with Gasteiger partial charge in [-0.25, -0.2) is 0 Å². The van der Waals surface area contributed by atoms with Crippen molar-refractivity contribution in [2.45, 2.75) is 0 Å². The maximum absolute atomic E-state index is 3.58. The number of hydrogen-bond donors (Lipinski definition) is 1. The van der Waals surface area contributed by atoms with Gasteiger partial charge in [-0.1, -0.05) is 72.8 Å². The summed E-state index contributed by atoms with van der Waals surface area (Å²) in [4.78, 5) is 3.58. The van der Waals surface area contributed by atoms with Gasteiger partial charge in [-0.3, -0.25) is 0 Å². The molecule has 0 aliphatic heterocycles. The average molecular weight is 293 g/mol. The number of benzene rings is 4.